The van der Waals surface area contributed by atoms with E-state index in [0.717, 1.165) is 30.9 Å². The first-order chi connectivity index (χ1) is 7.65. The van der Waals surface area contributed by atoms with E-state index in [-0.39, 0.29) is 24.2 Å². The van der Waals surface area contributed by atoms with Crippen molar-refractivity contribution in [2.45, 2.75) is 43.4 Å². The van der Waals surface area contributed by atoms with E-state index in [4.69, 9.17) is 10.9 Å². The second-order valence-electron chi connectivity index (χ2n) is 4.04. The van der Waals surface area contributed by atoms with Gasteiger partial charge in [-0.05, 0) is 31.9 Å². The van der Waals surface area contributed by atoms with Gasteiger partial charge in [-0.3, -0.25) is 4.79 Å². The van der Waals surface area contributed by atoms with Gasteiger partial charge < -0.3 is 16.3 Å². The van der Waals surface area contributed by atoms with E-state index in [1.165, 1.54) is 0 Å². The lowest BCUT2D eigenvalue weighted by Crippen LogP contribution is -2.39. The molecule has 92 valence electrons. The van der Waals surface area contributed by atoms with Crippen molar-refractivity contribution in [2.24, 2.45) is 10.9 Å². The van der Waals surface area contributed by atoms with Crippen LogP contribution in [-0.4, -0.2) is 34.5 Å². The number of rotatable bonds is 4. The second kappa shape index (κ2) is 6.62. The third kappa shape index (κ3) is 4.30. The third-order valence-electron chi connectivity index (χ3n) is 2.84. The Bertz CT molecular complexity index is 263. The maximum Gasteiger partial charge on any atom is 0.227 e. The minimum absolute atomic E-state index is 0.0288. The molecule has 0 unspecified atom stereocenters. The summed E-state index contributed by atoms with van der Waals surface area (Å²) in [5.74, 6) is -0.210. The third-order valence-corrected chi connectivity index (χ3v) is 3.98. The lowest BCUT2D eigenvalue weighted by Gasteiger charge is -2.27. The van der Waals surface area contributed by atoms with E-state index < -0.39 is 0 Å². The summed E-state index contributed by atoms with van der Waals surface area (Å²) < 4.78 is 0. The van der Waals surface area contributed by atoms with Gasteiger partial charge >= 0.3 is 0 Å². The molecule has 0 bridgehead atoms. The standard InChI is InChI=1S/C10H19N3O2S/c1-16-8-4-2-7(3-5-8)12-10(14)6-9(11)13-15/h7-8,15H,2-6H2,1H3,(H2,11,13)(H,12,14). The summed E-state index contributed by atoms with van der Waals surface area (Å²) in [5, 5.41) is 14.8. The molecule has 16 heavy (non-hydrogen) atoms. The van der Waals surface area contributed by atoms with Crippen LogP contribution in [0.25, 0.3) is 0 Å². The van der Waals surface area contributed by atoms with Crippen LogP contribution in [0.4, 0.5) is 0 Å². The fourth-order valence-corrected chi connectivity index (χ4v) is 2.66. The number of carbonyl (C=O) groups excluding carboxylic acids is 1. The number of amidine groups is 1. The smallest absolute Gasteiger partial charge is 0.227 e. The van der Waals surface area contributed by atoms with Gasteiger partial charge in [0.1, 0.15) is 5.84 Å². The van der Waals surface area contributed by atoms with Crippen LogP contribution in [0.1, 0.15) is 32.1 Å². The molecular weight excluding hydrogens is 226 g/mol. The first-order valence-corrected chi connectivity index (χ1v) is 6.73. The molecule has 1 aliphatic carbocycles. The quantitative estimate of drug-likeness (QED) is 0.297. The number of carbonyl (C=O) groups is 1. The van der Waals surface area contributed by atoms with Gasteiger partial charge in [-0.15, -0.1) is 0 Å². The first-order valence-electron chi connectivity index (χ1n) is 5.44. The Balaban J connectivity index is 2.25. The van der Waals surface area contributed by atoms with Crippen molar-refractivity contribution >= 4 is 23.5 Å². The maximum absolute atomic E-state index is 11.4. The fourth-order valence-electron chi connectivity index (χ4n) is 1.92. The molecule has 1 aliphatic rings. The van der Waals surface area contributed by atoms with Gasteiger partial charge in [0.2, 0.25) is 5.91 Å². The molecule has 1 fully saturated rings. The number of hydrogen-bond acceptors (Lipinski definition) is 4. The summed E-state index contributed by atoms with van der Waals surface area (Å²) in [6.07, 6.45) is 6.44. The largest absolute Gasteiger partial charge is 0.409 e. The Kier molecular flexibility index (Phi) is 5.45. The van der Waals surface area contributed by atoms with Crippen LogP contribution in [-0.2, 0) is 4.79 Å². The molecule has 0 aromatic carbocycles. The van der Waals surface area contributed by atoms with Gasteiger partial charge in [0.25, 0.3) is 0 Å². The van der Waals surface area contributed by atoms with Crippen LogP contribution in [0, 0.1) is 0 Å². The van der Waals surface area contributed by atoms with E-state index in [2.05, 4.69) is 16.7 Å². The zero-order valence-corrected chi connectivity index (χ0v) is 10.3. The first kappa shape index (κ1) is 13.2. The average molecular weight is 245 g/mol. The lowest BCUT2D eigenvalue weighted by molar-refractivity contribution is -0.120. The number of nitrogens with two attached hydrogens (primary N) is 1. The molecule has 0 atom stereocenters. The van der Waals surface area contributed by atoms with E-state index in [1.807, 2.05) is 11.8 Å². The van der Waals surface area contributed by atoms with E-state index in [9.17, 15) is 4.79 Å². The Morgan fingerprint density at radius 2 is 2.12 bits per heavy atom. The van der Waals surface area contributed by atoms with Gasteiger partial charge in [-0.1, -0.05) is 5.16 Å². The number of hydrogen-bond donors (Lipinski definition) is 3. The summed E-state index contributed by atoms with van der Waals surface area (Å²) in [6.45, 7) is 0. The van der Waals surface area contributed by atoms with Crippen LogP contribution in [0.3, 0.4) is 0 Å². The van der Waals surface area contributed by atoms with Crippen LogP contribution in [0.15, 0.2) is 5.16 Å². The molecule has 1 amide bonds. The Morgan fingerprint density at radius 1 is 1.50 bits per heavy atom. The molecule has 1 saturated carbocycles. The molecule has 4 N–H and O–H groups in total. The maximum atomic E-state index is 11.4. The normalized spacial score (nSPS) is 26.4. The Hall–Kier alpha value is -0.910. The van der Waals surface area contributed by atoms with Gasteiger partial charge in [-0.25, -0.2) is 0 Å². The zero-order chi connectivity index (χ0) is 12.0. The molecular formula is C10H19N3O2S. The highest BCUT2D eigenvalue weighted by molar-refractivity contribution is 7.99. The average Bonchev–Trinajstić information content (AvgIpc) is 2.29. The molecule has 0 aromatic heterocycles. The van der Waals surface area contributed by atoms with Crippen molar-refractivity contribution in [3.05, 3.63) is 0 Å². The minimum Gasteiger partial charge on any atom is -0.409 e. The number of thioether (sulfide) groups is 1. The Morgan fingerprint density at radius 3 is 2.62 bits per heavy atom. The van der Waals surface area contributed by atoms with E-state index in [0.29, 0.717) is 0 Å². The molecule has 0 aromatic rings. The van der Waals surface area contributed by atoms with Gasteiger partial charge in [-0.2, -0.15) is 11.8 Å². The number of amides is 1. The molecule has 0 saturated heterocycles. The molecule has 0 radical (unpaired) electrons. The van der Waals surface area contributed by atoms with Crippen molar-refractivity contribution in [3.63, 3.8) is 0 Å². The zero-order valence-electron chi connectivity index (χ0n) is 9.48. The summed E-state index contributed by atoms with van der Waals surface area (Å²) in [5.41, 5.74) is 5.26. The van der Waals surface area contributed by atoms with Gasteiger partial charge in [0.05, 0.1) is 6.42 Å². The molecule has 1 rings (SSSR count). The minimum atomic E-state index is -0.164. The van der Waals surface area contributed by atoms with E-state index in [1.54, 1.807) is 0 Å². The van der Waals surface area contributed by atoms with Crippen LogP contribution < -0.4 is 11.1 Å². The lowest BCUT2D eigenvalue weighted by atomic mass is 9.95. The van der Waals surface area contributed by atoms with Crippen molar-refractivity contribution in [1.29, 1.82) is 0 Å². The highest BCUT2D eigenvalue weighted by atomic mass is 32.2. The van der Waals surface area contributed by atoms with Crippen molar-refractivity contribution in [3.8, 4) is 0 Å². The molecule has 6 heteroatoms. The number of nitrogens with one attached hydrogen (secondary N) is 1. The topological polar surface area (TPSA) is 87.7 Å². The monoisotopic (exact) mass is 245 g/mol. The van der Waals surface area contributed by atoms with Crippen LogP contribution in [0.5, 0.6) is 0 Å². The summed E-state index contributed by atoms with van der Waals surface area (Å²) in [6, 6.07) is 0.252. The van der Waals surface area contributed by atoms with E-state index >= 15 is 0 Å². The molecule has 0 heterocycles. The van der Waals surface area contributed by atoms with Crippen molar-refractivity contribution in [2.75, 3.05) is 6.26 Å². The molecule has 0 aliphatic heterocycles. The fraction of sp³-hybridized carbons (Fsp3) is 0.800. The highest BCUT2D eigenvalue weighted by Crippen LogP contribution is 2.26. The second-order valence-corrected chi connectivity index (χ2v) is 5.18. The van der Waals surface area contributed by atoms with Gasteiger partial charge in [0.15, 0.2) is 0 Å². The predicted octanol–water partition coefficient (Wildman–Crippen LogP) is 0.913. The summed E-state index contributed by atoms with van der Waals surface area (Å²) >= 11 is 1.90. The summed E-state index contributed by atoms with van der Waals surface area (Å²) in [4.78, 5) is 11.4. The molecule has 5 nitrogen and oxygen atoms in total. The SMILES string of the molecule is CSC1CCC(NC(=O)CC(N)=NO)CC1. The molecule has 0 spiro atoms. The Labute approximate surface area is 99.8 Å². The van der Waals surface area contributed by atoms with Gasteiger partial charge in [0, 0.05) is 11.3 Å². The highest BCUT2D eigenvalue weighted by Gasteiger charge is 2.21. The van der Waals surface area contributed by atoms with Crippen molar-refractivity contribution < 1.29 is 10.0 Å². The predicted molar refractivity (Wildman–Crippen MR) is 65.7 cm³/mol. The van der Waals surface area contributed by atoms with Crippen LogP contribution >= 0.6 is 11.8 Å². The van der Waals surface area contributed by atoms with Crippen LogP contribution in [0.2, 0.25) is 0 Å². The van der Waals surface area contributed by atoms with Crippen molar-refractivity contribution in [1.82, 2.24) is 5.32 Å². The number of oxime groups is 1. The summed E-state index contributed by atoms with van der Waals surface area (Å²) in [7, 11) is 0. The number of nitrogens with zero attached hydrogens (tertiary/aromatic N) is 1.